The minimum absolute atomic E-state index is 0.0251. The minimum Gasteiger partial charge on any atom is -0.375 e. The highest BCUT2D eigenvalue weighted by molar-refractivity contribution is 6.07. The van der Waals surface area contributed by atoms with Gasteiger partial charge in [0.15, 0.2) is 0 Å². The first-order valence-corrected chi connectivity index (χ1v) is 24.2. The standard InChI is InChI=1S/C54H55N13O3/c1-64-20-22-66(23-21-64)36-8-14-47(57-26-36)62-42-12-10-38(40-28-59-53(68)49(40)42)34-16-17-56-44(24-34)35-25-46(70-31-35)45-30-55-18-19-67(45)37-9-15-48(58-27-37)63-43-13-11-39(41-29-60-54(69)50(41)43)51-52(65(2)32-61-51)33-6-4-3-5-7-33/h3-17,24,26-27,32,35,45-46,55H,18-23,25,28-31H2,1-2H3,(H,57,62)(H,58,63)(H,59,68)(H,60,69). The molecule has 12 rings (SSSR count). The highest BCUT2D eigenvalue weighted by Gasteiger charge is 2.38. The molecular formula is C54H55N13O3. The van der Waals surface area contributed by atoms with Crippen molar-refractivity contribution < 1.29 is 14.3 Å². The van der Waals surface area contributed by atoms with Crippen LogP contribution in [0.3, 0.4) is 0 Å². The number of rotatable bonds is 11. The number of ether oxygens (including phenoxy) is 1. The Hall–Kier alpha value is -7.66. The van der Waals surface area contributed by atoms with Gasteiger partial charge in [-0.15, -0.1) is 0 Å². The number of aromatic nitrogens is 5. The molecule has 9 heterocycles. The molecule has 354 valence electrons. The Morgan fingerprint density at radius 2 is 1.37 bits per heavy atom. The summed E-state index contributed by atoms with van der Waals surface area (Å²) in [5.41, 5.74) is 13.6. The third-order valence-electron chi connectivity index (χ3n) is 14.6. The van der Waals surface area contributed by atoms with Gasteiger partial charge in [-0.25, -0.2) is 15.0 Å². The molecule has 3 atom stereocenters. The largest absolute Gasteiger partial charge is 0.375 e. The zero-order chi connectivity index (χ0) is 47.3. The lowest BCUT2D eigenvalue weighted by Crippen LogP contribution is -2.56. The Labute approximate surface area is 406 Å². The van der Waals surface area contributed by atoms with Crippen LogP contribution in [0.2, 0.25) is 0 Å². The molecular weight excluding hydrogens is 879 g/mol. The van der Waals surface area contributed by atoms with E-state index in [1.54, 1.807) is 0 Å². The number of amides is 2. The summed E-state index contributed by atoms with van der Waals surface area (Å²) >= 11 is 0. The number of nitrogens with zero attached hydrogens (tertiary/aromatic N) is 8. The zero-order valence-electron chi connectivity index (χ0n) is 39.3. The highest BCUT2D eigenvalue weighted by atomic mass is 16.5. The summed E-state index contributed by atoms with van der Waals surface area (Å²) in [6.07, 6.45) is 8.31. The summed E-state index contributed by atoms with van der Waals surface area (Å²) in [6.45, 7) is 7.90. The van der Waals surface area contributed by atoms with Crippen LogP contribution in [-0.4, -0.2) is 113 Å². The van der Waals surface area contributed by atoms with Crippen LogP contribution in [0.15, 0.2) is 116 Å². The van der Waals surface area contributed by atoms with Crippen LogP contribution in [0.4, 0.5) is 34.4 Å². The second-order valence-corrected chi connectivity index (χ2v) is 18.9. The van der Waals surface area contributed by atoms with Crippen LogP contribution in [0, 0.1) is 0 Å². The fourth-order valence-corrected chi connectivity index (χ4v) is 10.9. The van der Waals surface area contributed by atoms with E-state index < -0.39 is 0 Å². The van der Waals surface area contributed by atoms with Crippen LogP contribution in [-0.2, 0) is 24.9 Å². The van der Waals surface area contributed by atoms with Gasteiger partial charge in [-0.1, -0.05) is 42.5 Å². The monoisotopic (exact) mass is 933 g/mol. The van der Waals surface area contributed by atoms with Crippen LogP contribution in [0.25, 0.3) is 33.6 Å². The number of anilines is 6. The van der Waals surface area contributed by atoms with Crippen molar-refractivity contribution in [1.29, 1.82) is 0 Å². The molecule has 16 heteroatoms. The number of pyridine rings is 3. The molecule has 0 spiro atoms. The van der Waals surface area contributed by atoms with E-state index in [2.05, 4.69) is 84.7 Å². The van der Waals surface area contributed by atoms with Gasteiger partial charge in [0.1, 0.15) is 11.6 Å². The number of imidazole rings is 1. The van der Waals surface area contributed by atoms with Crippen molar-refractivity contribution in [2.75, 3.05) is 79.9 Å². The number of hydrogen-bond acceptors (Lipinski definition) is 13. The first-order valence-electron chi connectivity index (χ1n) is 24.2. The SMILES string of the molecule is CN1CCN(c2ccc(Nc3ccc(-c4ccnc(C5COC(C6CNCCN6c6ccc(Nc7ccc(-c8ncn(C)c8-c8ccccc8)c8c7C(=O)NC8)nc6)C5)c4)c4c3C(=O)NC4)nc2)CC1. The molecule has 0 bridgehead atoms. The average molecular weight is 934 g/mol. The maximum absolute atomic E-state index is 13.4. The molecule has 3 saturated heterocycles. The Bertz CT molecular complexity index is 3100. The van der Waals surface area contributed by atoms with Gasteiger partial charge in [-0.2, -0.15) is 0 Å². The highest BCUT2D eigenvalue weighted by Crippen LogP contribution is 2.41. The molecule has 5 N–H and O–H groups in total. The lowest BCUT2D eigenvalue weighted by Gasteiger charge is -2.40. The van der Waals surface area contributed by atoms with Crippen molar-refractivity contribution in [2.45, 2.75) is 37.6 Å². The smallest absolute Gasteiger partial charge is 0.254 e. The van der Waals surface area contributed by atoms with Crippen molar-refractivity contribution in [3.63, 3.8) is 0 Å². The fraction of sp³-hybridized carbons (Fsp3) is 0.296. The third kappa shape index (κ3) is 8.16. The third-order valence-corrected chi connectivity index (χ3v) is 14.6. The van der Waals surface area contributed by atoms with Crippen molar-refractivity contribution in [3.05, 3.63) is 144 Å². The normalized spacial score (nSPS) is 20.0. The van der Waals surface area contributed by atoms with E-state index in [-0.39, 0.29) is 29.9 Å². The van der Waals surface area contributed by atoms with Crippen LogP contribution in [0.1, 0.15) is 49.9 Å². The molecule has 3 fully saturated rings. The second kappa shape index (κ2) is 18.3. The summed E-state index contributed by atoms with van der Waals surface area (Å²) < 4.78 is 8.65. The van der Waals surface area contributed by atoms with E-state index in [4.69, 9.17) is 24.7 Å². The van der Waals surface area contributed by atoms with E-state index in [0.717, 1.165) is 120 Å². The Morgan fingerprint density at radius 1 is 0.686 bits per heavy atom. The molecule has 0 aliphatic carbocycles. The van der Waals surface area contributed by atoms with Crippen molar-refractivity contribution >= 4 is 46.2 Å². The summed E-state index contributed by atoms with van der Waals surface area (Å²) in [7, 11) is 4.15. The number of aryl methyl sites for hydroxylation is 1. The Balaban J connectivity index is 0.728. The number of carbonyl (C=O) groups is 2. The van der Waals surface area contributed by atoms with E-state index >= 15 is 0 Å². The van der Waals surface area contributed by atoms with Gasteiger partial charge in [-0.05, 0) is 84.3 Å². The fourth-order valence-electron chi connectivity index (χ4n) is 10.9. The van der Waals surface area contributed by atoms with Gasteiger partial charge in [-0.3, -0.25) is 14.6 Å². The van der Waals surface area contributed by atoms with Crippen molar-refractivity contribution in [3.8, 4) is 33.6 Å². The Kier molecular flexibility index (Phi) is 11.4. The van der Waals surface area contributed by atoms with E-state index in [0.29, 0.717) is 48.1 Å². The summed E-state index contributed by atoms with van der Waals surface area (Å²) in [5, 5.41) is 16.6. The second-order valence-electron chi connectivity index (χ2n) is 18.9. The van der Waals surface area contributed by atoms with E-state index in [1.807, 2.05) is 91.1 Å². The van der Waals surface area contributed by atoms with Crippen molar-refractivity contribution in [2.24, 2.45) is 7.05 Å². The molecule has 5 aliphatic rings. The lowest BCUT2D eigenvalue weighted by atomic mass is 9.92. The predicted octanol–water partition coefficient (Wildman–Crippen LogP) is 6.68. The molecule has 0 radical (unpaired) electrons. The van der Waals surface area contributed by atoms with Crippen LogP contribution in [0.5, 0.6) is 0 Å². The maximum atomic E-state index is 13.4. The van der Waals surface area contributed by atoms with Gasteiger partial charge in [0.2, 0.25) is 0 Å². The average Bonchev–Trinajstić information content (AvgIpc) is 4.23. The predicted molar refractivity (Wildman–Crippen MR) is 272 cm³/mol. The summed E-state index contributed by atoms with van der Waals surface area (Å²) in [6, 6.07) is 30.7. The minimum atomic E-state index is -0.121. The topological polar surface area (TPSA) is 170 Å². The van der Waals surface area contributed by atoms with Gasteiger partial charge < -0.3 is 50.6 Å². The van der Waals surface area contributed by atoms with Gasteiger partial charge >= 0.3 is 0 Å². The number of piperazine rings is 2. The molecule has 70 heavy (non-hydrogen) atoms. The molecule has 7 aromatic rings. The number of hydrogen-bond donors (Lipinski definition) is 5. The molecule has 2 amide bonds. The van der Waals surface area contributed by atoms with Gasteiger partial charge in [0.25, 0.3) is 11.8 Å². The van der Waals surface area contributed by atoms with Gasteiger partial charge in [0.05, 0.1) is 82.7 Å². The number of carbonyl (C=O) groups excluding carboxylic acids is 2. The summed E-state index contributed by atoms with van der Waals surface area (Å²) in [4.78, 5) is 53.0. The number of benzene rings is 3. The first-order chi connectivity index (χ1) is 34.3. The molecule has 3 unspecified atom stereocenters. The molecule has 16 nitrogen and oxygen atoms in total. The quantitative estimate of drug-likeness (QED) is 0.0932. The van der Waals surface area contributed by atoms with Gasteiger partial charge in [0, 0.05) is 94.9 Å². The van der Waals surface area contributed by atoms with E-state index in [1.165, 1.54) is 0 Å². The number of likely N-dealkylation sites (N-methyl/N-ethyl adjacent to an activating group) is 1. The molecule has 5 aliphatic heterocycles. The molecule has 4 aromatic heterocycles. The molecule has 3 aromatic carbocycles. The number of nitrogens with one attached hydrogen (secondary N) is 5. The Morgan fingerprint density at radius 3 is 2.07 bits per heavy atom. The van der Waals surface area contributed by atoms with Crippen LogP contribution >= 0.6 is 0 Å². The van der Waals surface area contributed by atoms with E-state index in [9.17, 15) is 9.59 Å². The van der Waals surface area contributed by atoms with Crippen molar-refractivity contribution in [1.82, 2.24) is 45.4 Å². The lowest BCUT2D eigenvalue weighted by molar-refractivity contribution is 0.0823. The number of fused-ring (bicyclic) bond motifs is 2. The first kappa shape index (κ1) is 43.6. The molecule has 0 saturated carbocycles. The maximum Gasteiger partial charge on any atom is 0.254 e. The zero-order valence-corrected chi connectivity index (χ0v) is 39.3. The summed E-state index contributed by atoms with van der Waals surface area (Å²) in [5.74, 6) is 1.24. The van der Waals surface area contributed by atoms with Crippen LogP contribution < -0.4 is 36.4 Å².